The maximum Gasteiger partial charge on any atom is 0.280 e. The molecule has 0 aliphatic carbocycles. The Kier molecular flexibility index (Phi) is 3.25. The summed E-state index contributed by atoms with van der Waals surface area (Å²) in [6, 6.07) is 0. The van der Waals surface area contributed by atoms with Gasteiger partial charge in [-0.15, -0.1) is 0 Å². The first-order valence-electron chi connectivity index (χ1n) is 6.99. The second kappa shape index (κ2) is 4.96. The quantitative estimate of drug-likeness (QED) is 0.850. The van der Waals surface area contributed by atoms with Crippen LogP contribution in [0.15, 0.2) is 12.4 Å². The molecule has 3 heterocycles. The monoisotopic (exact) mass is 285 g/mol. The third-order valence-electron chi connectivity index (χ3n) is 4.10. The standard InChI is InChI=1S/C15H19N5O/c1-9-14(16)10(2)20(18-9)15(21)13-7-17-6-11-8-19(3)5-4-12(11)13/h6-7H,4-5,8,16H2,1-3H3. The number of carbonyl (C=O) groups is 1. The van der Waals surface area contributed by atoms with Gasteiger partial charge in [0.15, 0.2) is 0 Å². The molecule has 0 atom stereocenters. The predicted molar refractivity (Wildman–Crippen MR) is 80.1 cm³/mol. The van der Waals surface area contributed by atoms with Gasteiger partial charge in [0, 0.05) is 25.5 Å². The smallest absolute Gasteiger partial charge is 0.280 e. The topological polar surface area (TPSA) is 77.0 Å². The van der Waals surface area contributed by atoms with Crippen LogP contribution in [0.5, 0.6) is 0 Å². The Morgan fingerprint density at radius 2 is 2.10 bits per heavy atom. The average molecular weight is 285 g/mol. The molecular formula is C15H19N5O. The van der Waals surface area contributed by atoms with Crippen molar-refractivity contribution in [1.82, 2.24) is 19.7 Å². The Morgan fingerprint density at radius 1 is 1.33 bits per heavy atom. The molecule has 0 unspecified atom stereocenters. The zero-order chi connectivity index (χ0) is 15.1. The fourth-order valence-corrected chi connectivity index (χ4v) is 2.79. The van der Waals surface area contributed by atoms with Crippen LogP contribution in [0.25, 0.3) is 0 Å². The van der Waals surface area contributed by atoms with Gasteiger partial charge < -0.3 is 10.6 Å². The maximum atomic E-state index is 12.8. The van der Waals surface area contributed by atoms with Crippen molar-refractivity contribution in [2.24, 2.45) is 0 Å². The molecule has 2 aromatic heterocycles. The highest BCUT2D eigenvalue weighted by molar-refractivity contribution is 5.97. The third kappa shape index (κ3) is 2.21. The van der Waals surface area contributed by atoms with Crippen molar-refractivity contribution in [3.8, 4) is 0 Å². The van der Waals surface area contributed by atoms with Gasteiger partial charge in [-0.3, -0.25) is 9.78 Å². The summed E-state index contributed by atoms with van der Waals surface area (Å²) in [5.41, 5.74) is 10.7. The molecule has 6 nitrogen and oxygen atoms in total. The van der Waals surface area contributed by atoms with E-state index in [9.17, 15) is 4.79 Å². The van der Waals surface area contributed by atoms with Gasteiger partial charge in [0.05, 0.1) is 22.6 Å². The lowest BCUT2D eigenvalue weighted by Crippen LogP contribution is -2.29. The highest BCUT2D eigenvalue weighted by Crippen LogP contribution is 2.23. The Morgan fingerprint density at radius 3 is 2.76 bits per heavy atom. The summed E-state index contributed by atoms with van der Waals surface area (Å²) < 4.78 is 1.39. The Balaban J connectivity index is 2.07. The van der Waals surface area contributed by atoms with Crippen LogP contribution in [0, 0.1) is 13.8 Å². The average Bonchev–Trinajstić information content (AvgIpc) is 2.73. The summed E-state index contributed by atoms with van der Waals surface area (Å²) in [6.45, 7) is 5.38. The fourth-order valence-electron chi connectivity index (χ4n) is 2.79. The van der Waals surface area contributed by atoms with E-state index >= 15 is 0 Å². The van der Waals surface area contributed by atoms with Crippen LogP contribution in [-0.4, -0.2) is 39.2 Å². The van der Waals surface area contributed by atoms with E-state index in [1.165, 1.54) is 4.68 Å². The number of hydrogen-bond donors (Lipinski definition) is 1. The van der Waals surface area contributed by atoms with Crippen LogP contribution in [-0.2, 0) is 13.0 Å². The number of pyridine rings is 1. The molecule has 0 amide bonds. The Hall–Kier alpha value is -2.21. The highest BCUT2D eigenvalue weighted by atomic mass is 16.2. The van der Waals surface area contributed by atoms with Crippen LogP contribution in [0.1, 0.15) is 32.9 Å². The molecule has 0 fully saturated rings. The summed E-state index contributed by atoms with van der Waals surface area (Å²) >= 11 is 0. The molecule has 2 N–H and O–H groups in total. The molecule has 1 aliphatic rings. The Labute approximate surface area is 123 Å². The van der Waals surface area contributed by atoms with E-state index in [2.05, 4.69) is 22.0 Å². The lowest BCUT2D eigenvalue weighted by atomic mass is 9.97. The summed E-state index contributed by atoms with van der Waals surface area (Å²) in [5.74, 6) is -0.152. The van der Waals surface area contributed by atoms with Gasteiger partial charge >= 0.3 is 0 Å². The van der Waals surface area contributed by atoms with E-state index < -0.39 is 0 Å². The molecule has 0 saturated heterocycles. The minimum absolute atomic E-state index is 0.152. The number of hydrogen-bond acceptors (Lipinski definition) is 5. The first-order chi connectivity index (χ1) is 9.99. The van der Waals surface area contributed by atoms with Gasteiger partial charge in [-0.05, 0) is 38.4 Å². The van der Waals surface area contributed by atoms with Gasteiger partial charge in [0.25, 0.3) is 5.91 Å². The van der Waals surface area contributed by atoms with E-state index in [0.29, 0.717) is 22.6 Å². The van der Waals surface area contributed by atoms with Gasteiger partial charge in [0.1, 0.15) is 0 Å². The molecule has 0 bridgehead atoms. The number of nitrogens with zero attached hydrogens (tertiary/aromatic N) is 4. The third-order valence-corrected chi connectivity index (χ3v) is 4.10. The van der Waals surface area contributed by atoms with Gasteiger partial charge in [-0.25, -0.2) is 0 Å². The lowest BCUT2D eigenvalue weighted by molar-refractivity contribution is 0.0940. The maximum absolute atomic E-state index is 12.8. The normalized spacial score (nSPS) is 15.0. The molecule has 0 spiro atoms. The number of aryl methyl sites for hydroxylation is 1. The van der Waals surface area contributed by atoms with E-state index in [4.69, 9.17) is 5.73 Å². The summed E-state index contributed by atoms with van der Waals surface area (Å²) in [6.07, 6.45) is 4.33. The zero-order valence-electron chi connectivity index (χ0n) is 12.6. The number of nitrogen functional groups attached to an aromatic ring is 1. The molecule has 21 heavy (non-hydrogen) atoms. The van der Waals surface area contributed by atoms with E-state index in [1.54, 1.807) is 13.1 Å². The van der Waals surface area contributed by atoms with E-state index in [0.717, 1.165) is 30.6 Å². The second-order valence-corrected chi connectivity index (χ2v) is 5.61. The van der Waals surface area contributed by atoms with E-state index in [-0.39, 0.29) is 5.91 Å². The van der Waals surface area contributed by atoms with Gasteiger partial charge in [-0.2, -0.15) is 9.78 Å². The molecule has 3 rings (SSSR count). The van der Waals surface area contributed by atoms with Crippen molar-refractivity contribution >= 4 is 11.6 Å². The highest BCUT2D eigenvalue weighted by Gasteiger charge is 2.23. The number of likely N-dealkylation sites (N-methyl/N-ethyl adjacent to an activating group) is 1. The molecule has 1 aliphatic heterocycles. The minimum atomic E-state index is -0.152. The minimum Gasteiger partial charge on any atom is -0.396 e. The first kappa shape index (κ1) is 13.8. The number of nitrogens with two attached hydrogens (primary N) is 1. The van der Waals surface area contributed by atoms with Crippen LogP contribution in [0.4, 0.5) is 5.69 Å². The van der Waals surface area contributed by atoms with Crippen molar-refractivity contribution in [2.75, 3.05) is 19.3 Å². The molecule has 110 valence electrons. The van der Waals surface area contributed by atoms with Crippen LogP contribution >= 0.6 is 0 Å². The number of rotatable bonds is 1. The fraction of sp³-hybridized carbons (Fsp3) is 0.400. The van der Waals surface area contributed by atoms with Crippen molar-refractivity contribution < 1.29 is 4.79 Å². The van der Waals surface area contributed by atoms with Gasteiger partial charge in [-0.1, -0.05) is 0 Å². The predicted octanol–water partition coefficient (Wildman–Crippen LogP) is 1.15. The van der Waals surface area contributed by atoms with Crippen LogP contribution in [0.2, 0.25) is 0 Å². The van der Waals surface area contributed by atoms with Crippen LogP contribution in [0.3, 0.4) is 0 Å². The molecule has 2 aromatic rings. The molecular weight excluding hydrogens is 266 g/mol. The molecule has 0 saturated carbocycles. The number of aromatic nitrogens is 3. The van der Waals surface area contributed by atoms with Gasteiger partial charge in [0.2, 0.25) is 0 Å². The second-order valence-electron chi connectivity index (χ2n) is 5.61. The summed E-state index contributed by atoms with van der Waals surface area (Å²) in [7, 11) is 2.07. The molecule has 0 aromatic carbocycles. The zero-order valence-corrected chi connectivity index (χ0v) is 12.6. The van der Waals surface area contributed by atoms with Crippen molar-refractivity contribution in [3.05, 3.63) is 40.5 Å². The summed E-state index contributed by atoms with van der Waals surface area (Å²) in [4.78, 5) is 19.2. The van der Waals surface area contributed by atoms with Crippen molar-refractivity contribution in [3.63, 3.8) is 0 Å². The number of fused-ring (bicyclic) bond motifs is 1. The van der Waals surface area contributed by atoms with E-state index in [1.807, 2.05) is 13.1 Å². The first-order valence-corrected chi connectivity index (χ1v) is 6.99. The molecule has 6 heteroatoms. The van der Waals surface area contributed by atoms with Crippen molar-refractivity contribution in [1.29, 1.82) is 0 Å². The summed E-state index contributed by atoms with van der Waals surface area (Å²) in [5, 5.41) is 4.25. The van der Waals surface area contributed by atoms with Crippen molar-refractivity contribution in [2.45, 2.75) is 26.8 Å². The Bertz CT molecular complexity index is 719. The lowest BCUT2D eigenvalue weighted by Gasteiger charge is -2.25. The van der Waals surface area contributed by atoms with Crippen LogP contribution < -0.4 is 5.73 Å². The molecule has 0 radical (unpaired) electrons. The number of anilines is 1. The largest absolute Gasteiger partial charge is 0.396 e. The number of carbonyl (C=O) groups excluding carboxylic acids is 1. The SMILES string of the molecule is Cc1nn(C(=O)c2cncc3c2CCN(C)C3)c(C)c1N.